The van der Waals surface area contributed by atoms with Gasteiger partial charge in [-0.05, 0) is 60.3 Å². The lowest BCUT2D eigenvalue weighted by atomic mass is 9.70. The summed E-state index contributed by atoms with van der Waals surface area (Å²) in [6, 6.07) is 4.46. The zero-order valence-electron chi connectivity index (χ0n) is 12.3. The summed E-state index contributed by atoms with van der Waals surface area (Å²) >= 11 is 0. The molecule has 0 fully saturated rings. The Morgan fingerprint density at radius 2 is 1.94 bits per heavy atom. The first-order valence-electron chi connectivity index (χ1n) is 7.01. The largest absolute Gasteiger partial charge is 0.295 e. The van der Waals surface area contributed by atoms with Crippen LogP contribution < -0.4 is 0 Å². The van der Waals surface area contributed by atoms with Gasteiger partial charge in [0.2, 0.25) is 0 Å². The van der Waals surface area contributed by atoms with E-state index in [1.54, 1.807) is 6.92 Å². The summed E-state index contributed by atoms with van der Waals surface area (Å²) in [6.45, 7) is 10.7. The van der Waals surface area contributed by atoms with Crippen LogP contribution in [0.4, 0.5) is 0 Å². The van der Waals surface area contributed by atoms with Crippen LogP contribution >= 0.6 is 0 Å². The van der Waals surface area contributed by atoms with Crippen molar-refractivity contribution in [3.63, 3.8) is 0 Å². The Kier molecular flexibility index (Phi) is 3.35. The Balaban J connectivity index is 2.69. The zero-order valence-corrected chi connectivity index (χ0v) is 12.3. The molecule has 1 nitrogen and oxygen atoms in total. The number of benzene rings is 1. The van der Waals surface area contributed by atoms with Crippen molar-refractivity contribution in [2.24, 2.45) is 0 Å². The van der Waals surface area contributed by atoms with Gasteiger partial charge in [-0.1, -0.05) is 33.8 Å². The maximum atomic E-state index is 11.9. The van der Waals surface area contributed by atoms with Crippen LogP contribution in [0, 0.1) is 0 Å². The van der Waals surface area contributed by atoms with Crippen molar-refractivity contribution in [2.45, 2.75) is 65.2 Å². The summed E-state index contributed by atoms with van der Waals surface area (Å²) in [4.78, 5) is 11.9. The van der Waals surface area contributed by atoms with Crippen molar-refractivity contribution < 1.29 is 4.79 Å². The predicted octanol–water partition coefficient (Wildman–Crippen LogP) is 4.63. The van der Waals surface area contributed by atoms with Gasteiger partial charge in [-0.2, -0.15) is 0 Å². The highest BCUT2D eigenvalue weighted by Crippen LogP contribution is 2.39. The molecule has 1 aliphatic rings. The number of Topliss-reactive ketones (excluding diaryl/α,β-unsaturated/α-hetero) is 1. The fourth-order valence-corrected chi connectivity index (χ4v) is 3.06. The summed E-state index contributed by atoms with van der Waals surface area (Å²) < 4.78 is 0. The summed E-state index contributed by atoms with van der Waals surface area (Å²) in [5.41, 5.74) is 5.19. The molecule has 2 rings (SSSR count). The van der Waals surface area contributed by atoms with E-state index < -0.39 is 0 Å². The molecule has 0 radical (unpaired) electrons. The minimum atomic E-state index is 0.211. The van der Waals surface area contributed by atoms with Gasteiger partial charge in [-0.15, -0.1) is 0 Å². The molecule has 0 saturated carbocycles. The fourth-order valence-electron chi connectivity index (χ4n) is 3.06. The average molecular weight is 244 g/mol. The van der Waals surface area contributed by atoms with Crippen LogP contribution in [0.5, 0.6) is 0 Å². The van der Waals surface area contributed by atoms with E-state index in [0.717, 1.165) is 12.0 Å². The van der Waals surface area contributed by atoms with E-state index in [1.807, 2.05) is 0 Å². The maximum Gasteiger partial charge on any atom is 0.160 e. The molecule has 1 aromatic rings. The molecular formula is C17H24O. The quantitative estimate of drug-likeness (QED) is 0.693. The lowest BCUT2D eigenvalue weighted by Gasteiger charge is -2.34. The molecule has 0 aromatic heterocycles. The minimum absolute atomic E-state index is 0.211. The highest BCUT2D eigenvalue weighted by atomic mass is 16.1. The first-order valence-corrected chi connectivity index (χ1v) is 7.01. The molecule has 0 atom stereocenters. The molecule has 0 saturated heterocycles. The Hall–Kier alpha value is -1.11. The fraction of sp³-hybridized carbons (Fsp3) is 0.588. The number of carbonyl (C=O) groups is 1. The SMILES string of the molecule is CC(=O)c1cc(C(C)C)cc2c1CCCC2(C)C. The van der Waals surface area contributed by atoms with Gasteiger partial charge in [-0.25, -0.2) is 0 Å². The molecule has 0 amide bonds. The first kappa shape index (κ1) is 13.3. The Morgan fingerprint density at radius 1 is 1.28 bits per heavy atom. The molecule has 18 heavy (non-hydrogen) atoms. The number of hydrogen-bond acceptors (Lipinski definition) is 1. The van der Waals surface area contributed by atoms with Crippen molar-refractivity contribution in [3.8, 4) is 0 Å². The van der Waals surface area contributed by atoms with Crippen LogP contribution in [0.1, 0.15) is 80.4 Å². The predicted molar refractivity (Wildman–Crippen MR) is 76.5 cm³/mol. The summed E-state index contributed by atoms with van der Waals surface area (Å²) in [6.07, 6.45) is 3.48. The molecule has 0 unspecified atom stereocenters. The van der Waals surface area contributed by atoms with Gasteiger partial charge < -0.3 is 0 Å². The topological polar surface area (TPSA) is 17.1 Å². The monoisotopic (exact) mass is 244 g/mol. The number of rotatable bonds is 2. The van der Waals surface area contributed by atoms with Crippen LogP contribution in [0.15, 0.2) is 12.1 Å². The Bertz CT molecular complexity index is 481. The van der Waals surface area contributed by atoms with Crippen LogP contribution in [0.3, 0.4) is 0 Å². The molecule has 0 N–H and O–H groups in total. The molecule has 0 bridgehead atoms. The number of hydrogen-bond donors (Lipinski definition) is 0. The molecule has 98 valence electrons. The lowest BCUT2D eigenvalue weighted by Crippen LogP contribution is -2.26. The summed E-state index contributed by atoms with van der Waals surface area (Å²) in [5, 5.41) is 0. The third-order valence-corrected chi connectivity index (χ3v) is 4.28. The Morgan fingerprint density at radius 3 is 2.50 bits per heavy atom. The van der Waals surface area contributed by atoms with Crippen molar-refractivity contribution in [3.05, 3.63) is 34.4 Å². The maximum absolute atomic E-state index is 11.9. The van der Waals surface area contributed by atoms with Crippen molar-refractivity contribution in [1.82, 2.24) is 0 Å². The molecule has 1 aromatic carbocycles. The van der Waals surface area contributed by atoms with E-state index in [2.05, 4.69) is 39.8 Å². The number of carbonyl (C=O) groups excluding carboxylic acids is 1. The van der Waals surface area contributed by atoms with Crippen LogP contribution in [0.25, 0.3) is 0 Å². The van der Waals surface area contributed by atoms with Gasteiger partial charge in [0.1, 0.15) is 0 Å². The van der Waals surface area contributed by atoms with Crippen molar-refractivity contribution in [1.29, 1.82) is 0 Å². The molecule has 0 spiro atoms. The van der Waals surface area contributed by atoms with Gasteiger partial charge in [-0.3, -0.25) is 4.79 Å². The van der Waals surface area contributed by atoms with Gasteiger partial charge in [0, 0.05) is 5.56 Å². The first-order chi connectivity index (χ1) is 8.33. The van der Waals surface area contributed by atoms with Crippen LogP contribution in [-0.4, -0.2) is 5.78 Å². The number of fused-ring (bicyclic) bond motifs is 1. The minimum Gasteiger partial charge on any atom is -0.295 e. The smallest absolute Gasteiger partial charge is 0.160 e. The highest BCUT2D eigenvalue weighted by molar-refractivity contribution is 5.96. The summed E-state index contributed by atoms with van der Waals surface area (Å²) in [7, 11) is 0. The molecule has 1 aliphatic carbocycles. The van der Waals surface area contributed by atoms with Crippen molar-refractivity contribution >= 4 is 5.78 Å². The van der Waals surface area contributed by atoms with E-state index in [9.17, 15) is 4.79 Å². The van der Waals surface area contributed by atoms with E-state index in [1.165, 1.54) is 29.5 Å². The van der Waals surface area contributed by atoms with Crippen LogP contribution in [0.2, 0.25) is 0 Å². The molecule has 0 heterocycles. The molecule has 0 aliphatic heterocycles. The van der Waals surface area contributed by atoms with Gasteiger partial charge in [0.25, 0.3) is 0 Å². The van der Waals surface area contributed by atoms with Gasteiger partial charge in [0.05, 0.1) is 0 Å². The molecule has 1 heteroatoms. The normalized spacial score (nSPS) is 17.7. The van der Waals surface area contributed by atoms with Gasteiger partial charge >= 0.3 is 0 Å². The lowest BCUT2D eigenvalue weighted by molar-refractivity contribution is 0.101. The van der Waals surface area contributed by atoms with Gasteiger partial charge in [0.15, 0.2) is 5.78 Å². The second kappa shape index (κ2) is 4.53. The second-order valence-electron chi connectivity index (χ2n) is 6.54. The number of ketones is 1. The third kappa shape index (κ3) is 2.23. The van der Waals surface area contributed by atoms with Crippen molar-refractivity contribution in [2.75, 3.05) is 0 Å². The van der Waals surface area contributed by atoms with E-state index in [4.69, 9.17) is 0 Å². The Labute approximate surface area is 111 Å². The molecular weight excluding hydrogens is 220 g/mol. The van der Waals surface area contributed by atoms with E-state index >= 15 is 0 Å². The van der Waals surface area contributed by atoms with E-state index in [0.29, 0.717) is 5.92 Å². The van der Waals surface area contributed by atoms with E-state index in [-0.39, 0.29) is 11.2 Å². The summed E-state index contributed by atoms with van der Waals surface area (Å²) in [5.74, 6) is 0.692. The highest BCUT2D eigenvalue weighted by Gasteiger charge is 2.30. The zero-order chi connectivity index (χ0) is 13.5. The standard InChI is InChI=1S/C17H24O/c1-11(2)13-9-15(12(3)18)14-7-6-8-17(4,5)16(14)10-13/h9-11H,6-8H2,1-5H3. The van der Waals surface area contributed by atoms with Crippen LogP contribution in [-0.2, 0) is 11.8 Å². The average Bonchev–Trinajstić information content (AvgIpc) is 2.27. The third-order valence-electron chi connectivity index (χ3n) is 4.28. The second-order valence-corrected chi connectivity index (χ2v) is 6.54.